The van der Waals surface area contributed by atoms with Gasteiger partial charge in [-0.3, -0.25) is 4.79 Å². The molecule has 2 aromatic carbocycles. The number of aromatic nitrogens is 1. The first kappa shape index (κ1) is 28.8. The number of sulfonamides is 2. The van der Waals surface area contributed by atoms with Crippen LogP contribution < -0.4 is 5.32 Å². The monoisotopic (exact) mass is 604 g/mol. The van der Waals surface area contributed by atoms with Crippen molar-refractivity contribution in [2.75, 3.05) is 51.3 Å². The molecule has 214 valence electrons. The number of carbonyl (C=O) groups is 1. The molecule has 2 saturated heterocycles. The first-order valence-electron chi connectivity index (χ1n) is 13.2. The molecule has 0 aliphatic carbocycles. The van der Waals surface area contributed by atoms with Gasteiger partial charge in [-0.15, -0.1) is 11.3 Å². The van der Waals surface area contributed by atoms with Gasteiger partial charge in [-0.1, -0.05) is 31.2 Å². The third kappa shape index (κ3) is 6.29. The van der Waals surface area contributed by atoms with Gasteiger partial charge in [0.25, 0.3) is 0 Å². The number of nitrogens with zero attached hydrogens (tertiary/aromatic N) is 3. The number of carbonyl (C=O) groups excluding carboxylic acids is 1. The summed E-state index contributed by atoms with van der Waals surface area (Å²) in [6.45, 7) is 4.49. The smallest absolute Gasteiger partial charge is 0.243 e. The molecule has 3 aromatic rings. The number of ketones is 1. The Kier molecular flexibility index (Phi) is 8.69. The van der Waals surface area contributed by atoms with E-state index in [9.17, 15) is 21.6 Å². The van der Waals surface area contributed by atoms with Gasteiger partial charge in [0.05, 0.1) is 35.2 Å². The molecule has 0 spiro atoms. The van der Waals surface area contributed by atoms with Gasteiger partial charge in [-0.25, -0.2) is 21.8 Å². The summed E-state index contributed by atoms with van der Waals surface area (Å²) >= 11 is 1.32. The largest absolute Gasteiger partial charge is 0.379 e. The zero-order valence-electron chi connectivity index (χ0n) is 22.2. The lowest BCUT2D eigenvalue weighted by Gasteiger charge is -2.29. The molecule has 40 heavy (non-hydrogen) atoms. The van der Waals surface area contributed by atoms with Crippen LogP contribution in [0.1, 0.15) is 30.1 Å². The first-order chi connectivity index (χ1) is 19.1. The number of thiazole rings is 1. The highest BCUT2D eigenvalue weighted by atomic mass is 32.2. The van der Waals surface area contributed by atoms with E-state index in [1.807, 2.05) is 5.38 Å². The number of ether oxygens (including phenoxy) is 1. The van der Waals surface area contributed by atoms with Crippen LogP contribution in [-0.4, -0.2) is 82.2 Å². The molecule has 1 N–H and O–H groups in total. The second kappa shape index (κ2) is 12.0. The Morgan fingerprint density at radius 2 is 1.60 bits per heavy atom. The summed E-state index contributed by atoms with van der Waals surface area (Å²) in [6, 6.07) is 12.7. The molecular weight excluding hydrogens is 573 g/mol. The fourth-order valence-electron chi connectivity index (χ4n) is 4.68. The molecule has 0 unspecified atom stereocenters. The molecule has 2 aliphatic heterocycles. The fourth-order valence-corrected chi connectivity index (χ4v) is 8.33. The molecule has 3 heterocycles. The normalized spacial score (nSPS) is 18.0. The number of morpholine rings is 1. The number of anilines is 1. The number of benzene rings is 2. The summed E-state index contributed by atoms with van der Waals surface area (Å²) in [5.74, 6) is 0.256. The second-order valence-electron chi connectivity index (χ2n) is 9.97. The average Bonchev–Trinajstić information content (AvgIpc) is 3.46. The number of hydrogen-bond donors (Lipinski definition) is 1. The Bertz CT molecular complexity index is 1560. The van der Waals surface area contributed by atoms with Gasteiger partial charge >= 0.3 is 0 Å². The SMILES string of the molecule is CC1CCN(S(=O)(=O)c2cccc(C(=O)CNc3nc(-c4ccc(S(=O)(=O)N5CCOCC5)cc4)cs3)c2)CC1. The molecule has 0 atom stereocenters. The predicted molar refractivity (Wildman–Crippen MR) is 154 cm³/mol. The van der Waals surface area contributed by atoms with Crippen LogP contribution in [0, 0.1) is 5.92 Å². The molecule has 0 bridgehead atoms. The molecule has 10 nitrogen and oxygen atoms in total. The molecule has 2 aliphatic rings. The summed E-state index contributed by atoms with van der Waals surface area (Å²) < 4.78 is 60.1. The highest BCUT2D eigenvalue weighted by molar-refractivity contribution is 7.89. The maximum atomic E-state index is 13.1. The van der Waals surface area contributed by atoms with E-state index in [1.165, 1.54) is 32.1 Å². The van der Waals surface area contributed by atoms with Gasteiger partial charge in [0.2, 0.25) is 20.0 Å². The van der Waals surface area contributed by atoms with Gasteiger partial charge < -0.3 is 10.1 Å². The number of nitrogens with one attached hydrogen (secondary N) is 1. The summed E-state index contributed by atoms with van der Waals surface area (Å²) in [7, 11) is -7.23. The first-order valence-corrected chi connectivity index (χ1v) is 16.9. The lowest BCUT2D eigenvalue weighted by Crippen LogP contribution is -2.40. The van der Waals surface area contributed by atoms with Crippen molar-refractivity contribution in [1.82, 2.24) is 13.6 Å². The number of Topliss-reactive ketones (excluding diaryl/α,β-unsaturated/α-hetero) is 1. The van der Waals surface area contributed by atoms with Crippen LogP contribution in [0.4, 0.5) is 5.13 Å². The third-order valence-electron chi connectivity index (χ3n) is 7.20. The lowest BCUT2D eigenvalue weighted by atomic mass is 10.0. The van der Waals surface area contributed by atoms with E-state index in [0.717, 1.165) is 18.4 Å². The number of hydrogen-bond acceptors (Lipinski definition) is 9. The third-order valence-corrected chi connectivity index (χ3v) is 11.8. The quantitative estimate of drug-likeness (QED) is 0.368. The Balaban J connectivity index is 1.21. The van der Waals surface area contributed by atoms with Crippen molar-refractivity contribution in [2.24, 2.45) is 5.92 Å². The highest BCUT2D eigenvalue weighted by Crippen LogP contribution is 2.28. The van der Waals surface area contributed by atoms with Crippen molar-refractivity contribution in [3.63, 3.8) is 0 Å². The summed E-state index contributed by atoms with van der Waals surface area (Å²) in [4.78, 5) is 17.8. The van der Waals surface area contributed by atoms with Gasteiger partial charge in [0.15, 0.2) is 10.9 Å². The average molecular weight is 605 g/mol. The van der Waals surface area contributed by atoms with Crippen LogP contribution in [0.15, 0.2) is 63.7 Å². The lowest BCUT2D eigenvalue weighted by molar-refractivity contribution is 0.0730. The highest BCUT2D eigenvalue weighted by Gasteiger charge is 2.29. The van der Waals surface area contributed by atoms with Crippen molar-refractivity contribution in [2.45, 2.75) is 29.6 Å². The molecule has 1 aromatic heterocycles. The van der Waals surface area contributed by atoms with E-state index < -0.39 is 20.0 Å². The minimum atomic E-state index is -3.65. The van der Waals surface area contributed by atoms with Crippen LogP contribution in [0.25, 0.3) is 11.3 Å². The predicted octanol–water partition coefficient (Wildman–Crippen LogP) is 3.55. The maximum absolute atomic E-state index is 13.1. The molecule has 0 saturated carbocycles. The summed E-state index contributed by atoms with van der Waals surface area (Å²) in [6.07, 6.45) is 1.66. The fraction of sp³-hybridized carbons (Fsp3) is 0.407. The van der Waals surface area contributed by atoms with E-state index in [0.29, 0.717) is 61.7 Å². The Hall–Kier alpha value is -2.68. The summed E-state index contributed by atoms with van der Waals surface area (Å²) in [5, 5.41) is 5.37. The van der Waals surface area contributed by atoms with Gasteiger partial charge in [-0.2, -0.15) is 8.61 Å². The van der Waals surface area contributed by atoms with Gasteiger partial charge in [0.1, 0.15) is 0 Å². The molecule has 0 amide bonds. The van der Waals surface area contributed by atoms with Gasteiger partial charge in [-0.05, 0) is 43.0 Å². The van der Waals surface area contributed by atoms with E-state index in [1.54, 1.807) is 36.4 Å². The standard InChI is InChI=1S/C27H32N4O6S3/c1-20-9-11-30(12-10-20)40(35,36)24-4-2-3-22(17-24)26(32)18-28-27-29-25(19-38-27)21-5-7-23(8-6-21)39(33,34)31-13-15-37-16-14-31/h2-8,17,19-20H,9-16,18H2,1H3,(H,28,29). The van der Waals surface area contributed by atoms with E-state index >= 15 is 0 Å². The Labute approximate surface area is 239 Å². The summed E-state index contributed by atoms with van der Waals surface area (Å²) in [5.41, 5.74) is 1.72. The molecule has 13 heteroatoms. The van der Waals surface area contributed by atoms with Crippen LogP contribution >= 0.6 is 11.3 Å². The Morgan fingerprint density at radius 3 is 2.30 bits per heavy atom. The van der Waals surface area contributed by atoms with Crippen molar-refractivity contribution < 1.29 is 26.4 Å². The van der Waals surface area contributed by atoms with Crippen LogP contribution in [0.5, 0.6) is 0 Å². The zero-order valence-corrected chi connectivity index (χ0v) is 24.6. The van der Waals surface area contributed by atoms with Crippen molar-refractivity contribution in [1.29, 1.82) is 0 Å². The van der Waals surface area contributed by atoms with E-state index in [-0.39, 0.29) is 22.1 Å². The van der Waals surface area contributed by atoms with Crippen LogP contribution in [0.3, 0.4) is 0 Å². The Morgan fingerprint density at radius 1 is 0.950 bits per heavy atom. The van der Waals surface area contributed by atoms with Crippen LogP contribution in [0.2, 0.25) is 0 Å². The maximum Gasteiger partial charge on any atom is 0.243 e. The minimum absolute atomic E-state index is 0.0472. The number of rotatable bonds is 9. The van der Waals surface area contributed by atoms with Crippen molar-refractivity contribution in [3.05, 3.63) is 59.5 Å². The van der Waals surface area contributed by atoms with E-state index in [2.05, 4.69) is 17.2 Å². The number of piperidine rings is 1. The van der Waals surface area contributed by atoms with E-state index in [4.69, 9.17) is 4.74 Å². The molecule has 2 fully saturated rings. The second-order valence-corrected chi connectivity index (χ2v) is 14.7. The van der Waals surface area contributed by atoms with Gasteiger partial charge in [0, 0.05) is 42.7 Å². The van der Waals surface area contributed by atoms with Crippen molar-refractivity contribution in [3.8, 4) is 11.3 Å². The van der Waals surface area contributed by atoms with Crippen molar-refractivity contribution >= 4 is 42.3 Å². The molecular formula is C27H32N4O6S3. The van der Waals surface area contributed by atoms with Crippen LogP contribution in [-0.2, 0) is 24.8 Å². The molecule has 0 radical (unpaired) electrons. The zero-order chi connectivity index (χ0) is 28.3. The topological polar surface area (TPSA) is 126 Å². The molecule has 5 rings (SSSR count). The minimum Gasteiger partial charge on any atom is -0.379 e.